The Kier molecular flexibility index (Phi) is 5.01. The van der Waals surface area contributed by atoms with Crippen LogP contribution in [-0.2, 0) is 17.8 Å². The summed E-state index contributed by atoms with van der Waals surface area (Å²) in [7, 11) is 0. The molecular formula is C22H21N5O4. The molecular weight excluding hydrogens is 398 g/mol. The molecule has 2 amide bonds. The summed E-state index contributed by atoms with van der Waals surface area (Å²) < 4.78 is 10.6. The summed E-state index contributed by atoms with van der Waals surface area (Å²) >= 11 is 0. The number of nitrogens with one attached hydrogen (secondary N) is 3. The molecule has 0 bridgehead atoms. The number of anilines is 2. The van der Waals surface area contributed by atoms with E-state index in [4.69, 9.17) is 9.47 Å². The molecule has 0 radical (unpaired) electrons. The molecule has 3 N–H and O–H groups in total. The zero-order chi connectivity index (χ0) is 21.2. The van der Waals surface area contributed by atoms with Crippen molar-refractivity contribution in [2.45, 2.75) is 13.0 Å². The van der Waals surface area contributed by atoms with Crippen molar-refractivity contribution in [2.24, 2.45) is 0 Å². The summed E-state index contributed by atoms with van der Waals surface area (Å²) in [5, 5.41) is 12.8. The second kappa shape index (κ2) is 8.11. The van der Waals surface area contributed by atoms with E-state index in [1.807, 2.05) is 0 Å². The molecule has 2 aromatic carbocycles. The van der Waals surface area contributed by atoms with Gasteiger partial charge in [0.15, 0.2) is 11.5 Å². The monoisotopic (exact) mass is 419 g/mol. The first-order valence-corrected chi connectivity index (χ1v) is 9.99. The first-order chi connectivity index (χ1) is 15.2. The van der Waals surface area contributed by atoms with Crippen molar-refractivity contribution in [2.75, 3.05) is 30.5 Å². The first-order valence-electron chi connectivity index (χ1n) is 9.99. The van der Waals surface area contributed by atoms with Crippen molar-refractivity contribution in [3.8, 4) is 11.5 Å². The molecule has 0 atom stereocenters. The molecule has 31 heavy (non-hydrogen) atoms. The number of hydrogen-bond acceptors (Lipinski definition) is 6. The average molecular weight is 419 g/mol. The Morgan fingerprint density at radius 2 is 1.97 bits per heavy atom. The largest absolute Gasteiger partial charge is 0.454 e. The number of aromatic nitrogens is 2. The van der Waals surface area contributed by atoms with Gasteiger partial charge < -0.3 is 20.1 Å². The molecule has 0 saturated carbocycles. The molecule has 0 fully saturated rings. The van der Waals surface area contributed by atoms with Crippen LogP contribution in [0.15, 0.2) is 48.7 Å². The summed E-state index contributed by atoms with van der Waals surface area (Å²) in [6.07, 6.45) is 2.63. The first kappa shape index (κ1) is 19.1. The second-order valence-corrected chi connectivity index (χ2v) is 7.45. The zero-order valence-electron chi connectivity index (χ0n) is 16.7. The van der Waals surface area contributed by atoms with Crippen molar-refractivity contribution in [3.63, 3.8) is 0 Å². The van der Waals surface area contributed by atoms with Crippen LogP contribution in [0, 0.1) is 0 Å². The topological polar surface area (TPSA) is 109 Å². The maximum atomic E-state index is 12.9. The molecule has 0 aliphatic carbocycles. The van der Waals surface area contributed by atoms with Gasteiger partial charge in [-0.1, -0.05) is 12.1 Å². The molecule has 0 unspecified atom stereocenters. The second-order valence-electron chi connectivity index (χ2n) is 7.45. The highest BCUT2D eigenvalue weighted by Gasteiger charge is 2.21. The average Bonchev–Trinajstić information content (AvgIpc) is 3.42. The van der Waals surface area contributed by atoms with Crippen LogP contribution in [-0.4, -0.2) is 46.8 Å². The van der Waals surface area contributed by atoms with Crippen molar-refractivity contribution < 1.29 is 19.1 Å². The molecule has 2 aliphatic rings. The lowest BCUT2D eigenvalue weighted by atomic mass is 10.1. The predicted molar refractivity (Wildman–Crippen MR) is 113 cm³/mol. The standard InChI is InChI=1S/C22H21N5O4/c28-21(12-27-8-7-17-14(11-27)10-23-26-17)25-18-4-2-1-3-16(18)22(29)24-15-5-6-19-20(9-15)31-13-30-19/h1-6,9-10H,7-8,11-13H2,(H,23,26)(H,24,29)(H,25,28). The predicted octanol–water partition coefficient (Wildman–Crippen LogP) is 2.39. The fourth-order valence-electron chi connectivity index (χ4n) is 3.77. The Balaban J connectivity index is 1.24. The number of rotatable bonds is 5. The Morgan fingerprint density at radius 3 is 2.90 bits per heavy atom. The molecule has 9 heteroatoms. The van der Waals surface area contributed by atoms with E-state index in [9.17, 15) is 9.59 Å². The molecule has 2 aliphatic heterocycles. The minimum Gasteiger partial charge on any atom is -0.454 e. The zero-order valence-corrected chi connectivity index (χ0v) is 16.7. The number of H-pyrrole nitrogens is 1. The number of para-hydroxylation sites is 1. The van der Waals surface area contributed by atoms with Crippen molar-refractivity contribution in [3.05, 3.63) is 65.5 Å². The highest BCUT2D eigenvalue weighted by atomic mass is 16.7. The quantitative estimate of drug-likeness (QED) is 0.586. The van der Waals surface area contributed by atoms with Crippen LogP contribution in [0.3, 0.4) is 0 Å². The summed E-state index contributed by atoms with van der Waals surface area (Å²) in [6.45, 7) is 1.85. The van der Waals surface area contributed by atoms with E-state index in [-0.39, 0.29) is 25.2 Å². The highest BCUT2D eigenvalue weighted by Crippen LogP contribution is 2.34. The van der Waals surface area contributed by atoms with Crippen LogP contribution in [0.2, 0.25) is 0 Å². The molecule has 5 rings (SSSR count). The van der Waals surface area contributed by atoms with E-state index in [0.29, 0.717) is 35.0 Å². The van der Waals surface area contributed by atoms with Gasteiger partial charge in [0, 0.05) is 42.5 Å². The van der Waals surface area contributed by atoms with Crippen LogP contribution in [0.25, 0.3) is 0 Å². The molecule has 1 aromatic heterocycles. The van der Waals surface area contributed by atoms with Crippen LogP contribution in [0.1, 0.15) is 21.6 Å². The number of nitrogens with zero attached hydrogens (tertiary/aromatic N) is 2. The lowest BCUT2D eigenvalue weighted by Gasteiger charge is -2.25. The lowest BCUT2D eigenvalue weighted by molar-refractivity contribution is -0.117. The normalized spacial score (nSPS) is 14.7. The fourth-order valence-corrected chi connectivity index (χ4v) is 3.77. The van der Waals surface area contributed by atoms with Gasteiger partial charge in [0.1, 0.15) is 0 Å². The van der Waals surface area contributed by atoms with E-state index in [0.717, 1.165) is 24.2 Å². The Hall–Kier alpha value is -3.85. The molecule has 3 aromatic rings. The van der Waals surface area contributed by atoms with Gasteiger partial charge in [-0.2, -0.15) is 5.10 Å². The van der Waals surface area contributed by atoms with E-state index in [1.54, 1.807) is 48.7 Å². The Bertz CT molecular complexity index is 1140. The number of benzene rings is 2. The van der Waals surface area contributed by atoms with Crippen LogP contribution >= 0.6 is 0 Å². The maximum absolute atomic E-state index is 12.9. The molecule has 3 heterocycles. The number of hydrogen-bond donors (Lipinski definition) is 3. The molecule has 0 spiro atoms. The fraction of sp³-hybridized carbons (Fsp3) is 0.227. The van der Waals surface area contributed by atoms with Gasteiger partial charge in [0.25, 0.3) is 5.91 Å². The highest BCUT2D eigenvalue weighted by molar-refractivity contribution is 6.10. The molecule has 0 saturated heterocycles. The van der Waals surface area contributed by atoms with Crippen LogP contribution in [0.5, 0.6) is 11.5 Å². The summed E-state index contributed by atoms with van der Waals surface area (Å²) in [6, 6.07) is 12.1. The third-order valence-corrected chi connectivity index (χ3v) is 5.32. The van der Waals surface area contributed by atoms with Gasteiger partial charge in [-0.05, 0) is 24.3 Å². The number of carbonyl (C=O) groups excluding carboxylic acids is 2. The lowest BCUT2D eigenvalue weighted by Crippen LogP contribution is -2.37. The van der Waals surface area contributed by atoms with E-state index in [2.05, 4.69) is 25.7 Å². The van der Waals surface area contributed by atoms with Gasteiger partial charge >= 0.3 is 0 Å². The molecule has 9 nitrogen and oxygen atoms in total. The minimum absolute atomic E-state index is 0.167. The van der Waals surface area contributed by atoms with Gasteiger partial charge in [-0.15, -0.1) is 0 Å². The smallest absolute Gasteiger partial charge is 0.257 e. The van der Waals surface area contributed by atoms with Crippen LogP contribution < -0.4 is 20.1 Å². The maximum Gasteiger partial charge on any atom is 0.257 e. The van der Waals surface area contributed by atoms with E-state index < -0.39 is 0 Å². The number of fused-ring (bicyclic) bond motifs is 2. The Morgan fingerprint density at radius 1 is 1.10 bits per heavy atom. The number of ether oxygens (including phenoxy) is 2. The van der Waals surface area contributed by atoms with Gasteiger partial charge in [-0.3, -0.25) is 19.6 Å². The Labute approximate surface area is 178 Å². The van der Waals surface area contributed by atoms with Gasteiger partial charge in [-0.25, -0.2) is 0 Å². The SMILES string of the molecule is O=C(CN1CCc2[nH]ncc2C1)Nc1ccccc1C(=O)Nc1ccc2c(c1)OCO2. The van der Waals surface area contributed by atoms with Crippen molar-refractivity contribution in [1.29, 1.82) is 0 Å². The summed E-state index contributed by atoms with van der Waals surface area (Å²) in [5.74, 6) is 0.735. The van der Waals surface area contributed by atoms with Crippen molar-refractivity contribution >= 4 is 23.2 Å². The summed E-state index contributed by atoms with van der Waals surface area (Å²) in [4.78, 5) is 27.6. The van der Waals surface area contributed by atoms with Crippen LogP contribution in [0.4, 0.5) is 11.4 Å². The minimum atomic E-state index is -0.323. The van der Waals surface area contributed by atoms with E-state index >= 15 is 0 Å². The summed E-state index contributed by atoms with van der Waals surface area (Å²) in [5.41, 5.74) is 3.67. The number of amides is 2. The third kappa shape index (κ3) is 4.08. The van der Waals surface area contributed by atoms with Gasteiger partial charge in [0.05, 0.1) is 24.0 Å². The van der Waals surface area contributed by atoms with Gasteiger partial charge in [0.2, 0.25) is 12.7 Å². The van der Waals surface area contributed by atoms with Crippen molar-refractivity contribution in [1.82, 2.24) is 15.1 Å². The third-order valence-electron chi connectivity index (χ3n) is 5.32. The number of aromatic amines is 1. The van der Waals surface area contributed by atoms with E-state index in [1.165, 1.54) is 0 Å². The molecule has 158 valence electrons. The number of carbonyl (C=O) groups is 2.